The molecule has 0 amide bonds. The monoisotopic (exact) mass is 464 g/mol. The summed E-state index contributed by atoms with van der Waals surface area (Å²) in [6, 6.07) is 17.3. The van der Waals surface area contributed by atoms with Crippen molar-refractivity contribution in [3.63, 3.8) is 0 Å². The van der Waals surface area contributed by atoms with Gasteiger partial charge in [-0.1, -0.05) is 48.0 Å². The van der Waals surface area contributed by atoms with Crippen LogP contribution in [0.4, 0.5) is 5.82 Å². The van der Waals surface area contributed by atoms with Crippen molar-refractivity contribution in [3.05, 3.63) is 71.4 Å². The molecule has 1 saturated heterocycles. The van der Waals surface area contributed by atoms with E-state index < -0.39 is 10.0 Å². The molecule has 32 heavy (non-hydrogen) atoms. The molecule has 2 aromatic carbocycles. The summed E-state index contributed by atoms with van der Waals surface area (Å²) in [4.78, 5) is 12.9. The van der Waals surface area contributed by atoms with Crippen molar-refractivity contribution in [1.82, 2.24) is 14.3 Å². The average molecular weight is 465 g/mol. The van der Waals surface area contributed by atoms with Gasteiger partial charge in [0.25, 0.3) is 0 Å². The first-order valence-electron chi connectivity index (χ1n) is 10.6. The number of fused-ring (bicyclic) bond motifs is 1. The molecule has 0 aliphatic carbocycles. The molecular formula is C24H24N4O2S2. The summed E-state index contributed by atoms with van der Waals surface area (Å²) in [6.07, 6.45) is 0. The third-order valence-electron chi connectivity index (χ3n) is 5.81. The van der Waals surface area contributed by atoms with Crippen molar-refractivity contribution in [2.24, 2.45) is 0 Å². The maximum Gasteiger partial charge on any atom is 0.243 e. The molecule has 2 aromatic heterocycles. The van der Waals surface area contributed by atoms with Crippen molar-refractivity contribution >= 4 is 37.4 Å². The molecule has 164 valence electrons. The molecule has 1 aliphatic rings. The predicted octanol–water partition coefficient (Wildman–Crippen LogP) is 4.49. The van der Waals surface area contributed by atoms with Crippen LogP contribution in [0.5, 0.6) is 0 Å². The van der Waals surface area contributed by atoms with Crippen LogP contribution in [-0.4, -0.2) is 48.9 Å². The summed E-state index contributed by atoms with van der Waals surface area (Å²) in [5.74, 6) is 1.61. The number of hydrogen-bond donors (Lipinski definition) is 0. The standard InChI is InChI=1S/C24H24N4O2S2/c1-17-8-10-20(11-9-17)32(29,30)28-14-12-27(13-15-28)23-22-21(19-6-4-3-5-7-19)16-31-24(22)26-18(2)25-23/h3-11,16H,12-15H2,1-2H3. The van der Waals surface area contributed by atoms with E-state index in [-0.39, 0.29) is 0 Å². The lowest BCUT2D eigenvalue weighted by atomic mass is 10.1. The number of rotatable bonds is 4. The second-order valence-corrected chi connectivity index (χ2v) is 10.8. The Labute approximate surface area is 192 Å². The Bertz CT molecular complexity index is 1360. The third-order valence-corrected chi connectivity index (χ3v) is 8.59. The first-order valence-corrected chi connectivity index (χ1v) is 12.9. The van der Waals surface area contributed by atoms with E-state index in [2.05, 4.69) is 27.4 Å². The Morgan fingerprint density at radius 1 is 0.875 bits per heavy atom. The molecule has 0 bridgehead atoms. The quantitative estimate of drug-likeness (QED) is 0.445. The van der Waals surface area contributed by atoms with Gasteiger partial charge in [0.15, 0.2) is 0 Å². The van der Waals surface area contributed by atoms with E-state index in [0.29, 0.717) is 31.1 Å². The van der Waals surface area contributed by atoms with Crippen molar-refractivity contribution in [2.75, 3.05) is 31.1 Å². The summed E-state index contributed by atoms with van der Waals surface area (Å²) in [6.45, 7) is 5.87. The van der Waals surface area contributed by atoms with E-state index in [4.69, 9.17) is 4.98 Å². The second-order valence-electron chi connectivity index (χ2n) is 7.99. The smallest absolute Gasteiger partial charge is 0.243 e. The maximum atomic E-state index is 13.1. The molecular weight excluding hydrogens is 440 g/mol. The van der Waals surface area contributed by atoms with Crippen molar-refractivity contribution in [2.45, 2.75) is 18.7 Å². The SMILES string of the molecule is Cc1ccc(S(=O)(=O)N2CCN(c3nc(C)nc4scc(-c5ccccc5)c34)CC2)cc1. The van der Waals surface area contributed by atoms with Crippen LogP contribution in [0.2, 0.25) is 0 Å². The van der Waals surface area contributed by atoms with Crippen molar-refractivity contribution in [3.8, 4) is 11.1 Å². The Morgan fingerprint density at radius 2 is 1.56 bits per heavy atom. The highest BCUT2D eigenvalue weighted by molar-refractivity contribution is 7.89. The maximum absolute atomic E-state index is 13.1. The molecule has 3 heterocycles. The number of hydrogen-bond acceptors (Lipinski definition) is 6. The lowest BCUT2D eigenvalue weighted by Gasteiger charge is -2.35. The van der Waals surface area contributed by atoms with Gasteiger partial charge in [-0.05, 0) is 31.5 Å². The van der Waals surface area contributed by atoms with Gasteiger partial charge in [0.1, 0.15) is 16.5 Å². The zero-order valence-corrected chi connectivity index (χ0v) is 19.7. The number of aromatic nitrogens is 2. The van der Waals surface area contributed by atoms with Gasteiger partial charge in [-0.3, -0.25) is 0 Å². The Balaban J connectivity index is 1.45. The number of thiophene rings is 1. The number of sulfonamides is 1. The van der Waals surface area contributed by atoms with E-state index in [9.17, 15) is 8.42 Å². The van der Waals surface area contributed by atoms with Gasteiger partial charge in [0.05, 0.1) is 10.3 Å². The summed E-state index contributed by atoms with van der Waals surface area (Å²) < 4.78 is 27.8. The van der Waals surface area contributed by atoms with Crippen LogP contribution in [0, 0.1) is 13.8 Å². The average Bonchev–Trinajstić information content (AvgIpc) is 3.23. The predicted molar refractivity (Wildman–Crippen MR) is 130 cm³/mol. The largest absolute Gasteiger partial charge is 0.353 e. The molecule has 1 fully saturated rings. The van der Waals surface area contributed by atoms with Crippen LogP contribution in [0.25, 0.3) is 21.3 Å². The summed E-state index contributed by atoms with van der Waals surface area (Å²) >= 11 is 1.62. The fourth-order valence-corrected chi connectivity index (χ4v) is 6.50. The Morgan fingerprint density at radius 3 is 2.25 bits per heavy atom. The highest BCUT2D eigenvalue weighted by atomic mass is 32.2. The van der Waals surface area contributed by atoms with E-state index in [1.165, 1.54) is 0 Å². The van der Waals surface area contributed by atoms with Crippen LogP contribution in [0.1, 0.15) is 11.4 Å². The van der Waals surface area contributed by atoms with Gasteiger partial charge in [-0.15, -0.1) is 11.3 Å². The van der Waals surface area contributed by atoms with Gasteiger partial charge in [0.2, 0.25) is 10.0 Å². The van der Waals surface area contributed by atoms with Gasteiger partial charge in [0, 0.05) is 37.1 Å². The molecule has 4 aromatic rings. The normalized spacial score (nSPS) is 15.4. The number of benzene rings is 2. The molecule has 6 nitrogen and oxygen atoms in total. The molecule has 0 spiro atoms. The van der Waals surface area contributed by atoms with Gasteiger partial charge < -0.3 is 4.90 Å². The molecule has 0 radical (unpaired) electrons. The van der Waals surface area contributed by atoms with E-state index in [0.717, 1.165) is 38.5 Å². The van der Waals surface area contributed by atoms with Gasteiger partial charge in [-0.25, -0.2) is 18.4 Å². The van der Waals surface area contributed by atoms with Crippen molar-refractivity contribution in [1.29, 1.82) is 0 Å². The van der Waals surface area contributed by atoms with E-state index >= 15 is 0 Å². The highest BCUT2D eigenvalue weighted by Crippen LogP contribution is 2.38. The van der Waals surface area contributed by atoms with Crippen LogP contribution < -0.4 is 4.90 Å². The zero-order valence-electron chi connectivity index (χ0n) is 18.0. The minimum absolute atomic E-state index is 0.348. The first-order chi connectivity index (χ1) is 15.4. The second kappa shape index (κ2) is 8.27. The van der Waals surface area contributed by atoms with Gasteiger partial charge in [-0.2, -0.15) is 4.31 Å². The molecule has 1 aliphatic heterocycles. The lowest BCUT2D eigenvalue weighted by molar-refractivity contribution is 0.384. The van der Waals surface area contributed by atoms with Crippen LogP contribution in [0.3, 0.4) is 0 Å². The summed E-state index contributed by atoms with van der Waals surface area (Å²) in [7, 11) is -3.50. The molecule has 0 atom stereocenters. The molecule has 0 unspecified atom stereocenters. The fourth-order valence-electron chi connectivity index (χ4n) is 4.09. The summed E-state index contributed by atoms with van der Waals surface area (Å²) in [5, 5.41) is 3.18. The van der Waals surface area contributed by atoms with Crippen LogP contribution >= 0.6 is 11.3 Å². The number of nitrogens with zero attached hydrogens (tertiary/aromatic N) is 4. The van der Waals surface area contributed by atoms with E-state index in [1.807, 2.05) is 44.2 Å². The van der Waals surface area contributed by atoms with E-state index in [1.54, 1.807) is 27.8 Å². The molecule has 8 heteroatoms. The van der Waals surface area contributed by atoms with Gasteiger partial charge >= 0.3 is 0 Å². The Kier molecular flexibility index (Phi) is 5.44. The van der Waals surface area contributed by atoms with Crippen LogP contribution in [0.15, 0.2) is 64.9 Å². The molecule has 0 N–H and O–H groups in total. The zero-order chi connectivity index (χ0) is 22.3. The molecule has 0 saturated carbocycles. The number of anilines is 1. The minimum Gasteiger partial charge on any atom is -0.353 e. The van der Waals surface area contributed by atoms with Crippen molar-refractivity contribution < 1.29 is 8.42 Å². The summed E-state index contributed by atoms with van der Waals surface area (Å²) in [5.41, 5.74) is 3.30. The van der Waals surface area contributed by atoms with Crippen LogP contribution in [-0.2, 0) is 10.0 Å². The minimum atomic E-state index is -3.50. The molecule has 5 rings (SSSR count). The Hall–Kier alpha value is -2.81. The topological polar surface area (TPSA) is 66.4 Å². The third kappa shape index (κ3) is 3.79. The number of aryl methyl sites for hydroxylation is 2. The fraction of sp³-hybridized carbons (Fsp3) is 0.250. The first kappa shape index (κ1) is 21.1. The number of piperazine rings is 1. The highest BCUT2D eigenvalue weighted by Gasteiger charge is 2.30. The lowest BCUT2D eigenvalue weighted by Crippen LogP contribution is -2.49.